The number of carbonyl (C=O) groups is 2. The second-order valence-electron chi connectivity index (χ2n) is 8.36. The molecule has 0 bridgehead atoms. The first kappa shape index (κ1) is 21.9. The molecular formula is C26H24ClN3O2S. The zero-order chi connectivity index (χ0) is 22.9. The molecule has 5 nitrogen and oxygen atoms in total. The third-order valence-electron chi connectivity index (χ3n) is 6.20. The molecule has 1 N–H and O–H groups in total. The van der Waals surface area contributed by atoms with Gasteiger partial charge in [0.15, 0.2) is 0 Å². The molecule has 2 heterocycles. The Bertz CT molecular complexity index is 1270. The van der Waals surface area contributed by atoms with E-state index in [0.29, 0.717) is 10.7 Å². The van der Waals surface area contributed by atoms with Gasteiger partial charge in [-0.1, -0.05) is 48.0 Å². The van der Waals surface area contributed by atoms with Crippen molar-refractivity contribution in [1.29, 1.82) is 0 Å². The Morgan fingerprint density at radius 2 is 1.91 bits per heavy atom. The molecule has 7 heteroatoms. The van der Waals surface area contributed by atoms with Crippen LogP contribution < -0.4 is 10.2 Å². The van der Waals surface area contributed by atoms with Gasteiger partial charge in [-0.05, 0) is 55.9 Å². The van der Waals surface area contributed by atoms with Crippen LogP contribution in [0.4, 0.5) is 10.7 Å². The number of amides is 2. The van der Waals surface area contributed by atoms with Crippen LogP contribution in [0.15, 0.2) is 53.5 Å². The average Bonchev–Trinajstić information content (AvgIpc) is 3.14. The summed E-state index contributed by atoms with van der Waals surface area (Å²) in [6.45, 7) is 1.82. The third kappa shape index (κ3) is 4.21. The maximum atomic E-state index is 13.2. The molecule has 1 aromatic heterocycles. The van der Waals surface area contributed by atoms with Crippen molar-refractivity contribution in [3.63, 3.8) is 0 Å². The first-order valence-corrected chi connectivity index (χ1v) is 12.3. The molecule has 1 aliphatic carbocycles. The Morgan fingerprint density at radius 1 is 1.12 bits per heavy atom. The second-order valence-corrected chi connectivity index (χ2v) is 9.85. The number of fused-ring (bicyclic) bond motifs is 3. The zero-order valence-corrected chi connectivity index (χ0v) is 19.9. The van der Waals surface area contributed by atoms with Gasteiger partial charge in [-0.3, -0.25) is 19.5 Å². The van der Waals surface area contributed by atoms with E-state index in [4.69, 9.17) is 16.6 Å². The number of benzene rings is 2. The molecule has 2 aliphatic rings. The predicted molar refractivity (Wildman–Crippen MR) is 135 cm³/mol. The molecule has 0 unspecified atom stereocenters. The van der Waals surface area contributed by atoms with Crippen molar-refractivity contribution in [2.45, 2.75) is 32.6 Å². The van der Waals surface area contributed by atoms with Gasteiger partial charge in [-0.2, -0.15) is 0 Å². The standard InChI is InChI=1S/C26H24ClN3O2S/c1-16-19(27)11-7-12-20(16)29-22(31)15-30-23(32)14-28-25(17-8-3-2-4-9-17)24-18-10-5-6-13-21(18)33-26(24)30/h2-4,7-9,11-12H,5-6,10,13-15H2,1H3,(H,29,31). The van der Waals surface area contributed by atoms with Crippen LogP contribution >= 0.6 is 22.9 Å². The fourth-order valence-corrected chi connectivity index (χ4v) is 6.06. The minimum Gasteiger partial charge on any atom is -0.324 e. The molecule has 0 spiro atoms. The van der Waals surface area contributed by atoms with Gasteiger partial charge < -0.3 is 5.32 Å². The number of aryl methyl sites for hydroxylation is 1. The van der Waals surface area contributed by atoms with E-state index >= 15 is 0 Å². The van der Waals surface area contributed by atoms with Crippen molar-refractivity contribution in [3.05, 3.63) is 80.7 Å². The average molecular weight is 478 g/mol. The Balaban J connectivity index is 1.52. The minimum absolute atomic E-state index is 0.0177. The number of hydrogen-bond acceptors (Lipinski definition) is 4. The van der Waals surface area contributed by atoms with E-state index in [1.54, 1.807) is 28.4 Å². The molecular weight excluding hydrogens is 454 g/mol. The summed E-state index contributed by atoms with van der Waals surface area (Å²) in [7, 11) is 0. The van der Waals surface area contributed by atoms with Gasteiger partial charge in [-0.25, -0.2) is 0 Å². The summed E-state index contributed by atoms with van der Waals surface area (Å²) >= 11 is 7.84. The zero-order valence-electron chi connectivity index (χ0n) is 18.4. The summed E-state index contributed by atoms with van der Waals surface area (Å²) in [5.74, 6) is -0.423. The van der Waals surface area contributed by atoms with Crippen LogP contribution in [0, 0.1) is 6.92 Å². The number of rotatable bonds is 4. The lowest BCUT2D eigenvalue weighted by molar-refractivity contribution is -0.120. The van der Waals surface area contributed by atoms with E-state index in [1.165, 1.54) is 10.4 Å². The summed E-state index contributed by atoms with van der Waals surface area (Å²) in [6, 6.07) is 15.4. The summed E-state index contributed by atoms with van der Waals surface area (Å²) in [5.41, 5.74) is 5.62. The Labute approximate surface area is 202 Å². The fraction of sp³-hybridized carbons (Fsp3) is 0.269. The molecule has 2 amide bonds. The number of nitrogens with zero attached hydrogens (tertiary/aromatic N) is 2. The highest BCUT2D eigenvalue weighted by atomic mass is 35.5. The Morgan fingerprint density at radius 3 is 2.73 bits per heavy atom. The molecule has 3 aromatic rings. The lowest BCUT2D eigenvalue weighted by Crippen LogP contribution is -2.38. The number of anilines is 2. The highest BCUT2D eigenvalue weighted by molar-refractivity contribution is 7.17. The Kier molecular flexibility index (Phi) is 6.04. The molecule has 0 radical (unpaired) electrons. The predicted octanol–water partition coefficient (Wildman–Crippen LogP) is 5.41. The first-order chi connectivity index (χ1) is 16.0. The van der Waals surface area contributed by atoms with Gasteiger partial charge in [-0.15, -0.1) is 11.3 Å². The molecule has 168 valence electrons. The van der Waals surface area contributed by atoms with Crippen LogP contribution in [-0.2, 0) is 22.4 Å². The summed E-state index contributed by atoms with van der Waals surface area (Å²) in [5, 5.41) is 4.35. The van der Waals surface area contributed by atoms with Crippen molar-refractivity contribution < 1.29 is 9.59 Å². The molecule has 5 rings (SSSR count). The normalized spacial score (nSPS) is 15.4. The van der Waals surface area contributed by atoms with Crippen LogP contribution in [0.5, 0.6) is 0 Å². The Hall–Kier alpha value is -2.96. The van der Waals surface area contributed by atoms with Crippen LogP contribution in [0.3, 0.4) is 0 Å². The highest BCUT2D eigenvalue weighted by Crippen LogP contribution is 2.42. The fourth-order valence-electron chi connectivity index (χ4n) is 4.48. The molecule has 0 atom stereocenters. The minimum atomic E-state index is -0.255. The van der Waals surface area contributed by atoms with E-state index in [0.717, 1.165) is 53.1 Å². The van der Waals surface area contributed by atoms with E-state index in [1.807, 2.05) is 43.3 Å². The lowest BCUT2D eigenvalue weighted by Gasteiger charge is -2.21. The van der Waals surface area contributed by atoms with E-state index in [2.05, 4.69) is 5.32 Å². The van der Waals surface area contributed by atoms with Gasteiger partial charge in [0.25, 0.3) is 0 Å². The molecule has 33 heavy (non-hydrogen) atoms. The maximum absolute atomic E-state index is 13.2. The van der Waals surface area contributed by atoms with Gasteiger partial charge >= 0.3 is 0 Å². The van der Waals surface area contributed by atoms with Crippen molar-refractivity contribution in [1.82, 2.24) is 0 Å². The number of carbonyl (C=O) groups excluding carboxylic acids is 2. The van der Waals surface area contributed by atoms with Crippen molar-refractivity contribution >= 4 is 51.2 Å². The van der Waals surface area contributed by atoms with Crippen molar-refractivity contribution in [2.24, 2.45) is 4.99 Å². The number of thiophene rings is 1. The van der Waals surface area contributed by atoms with E-state index in [9.17, 15) is 9.59 Å². The van der Waals surface area contributed by atoms with Crippen LogP contribution in [0.1, 0.15) is 40.0 Å². The lowest BCUT2D eigenvalue weighted by atomic mass is 9.91. The third-order valence-corrected chi connectivity index (χ3v) is 7.92. The smallest absolute Gasteiger partial charge is 0.249 e. The quantitative estimate of drug-likeness (QED) is 0.546. The molecule has 0 fully saturated rings. The molecule has 1 aliphatic heterocycles. The van der Waals surface area contributed by atoms with Crippen LogP contribution in [0.2, 0.25) is 5.02 Å². The number of halogens is 1. The first-order valence-electron chi connectivity index (χ1n) is 11.1. The number of nitrogens with one attached hydrogen (secondary N) is 1. The topological polar surface area (TPSA) is 61.8 Å². The van der Waals surface area contributed by atoms with Gasteiger partial charge in [0.2, 0.25) is 11.8 Å². The van der Waals surface area contributed by atoms with Crippen molar-refractivity contribution in [2.75, 3.05) is 23.3 Å². The van der Waals surface area contributed by atoms with Gasteiger partial charge in [0.1, 0.15) is 18.1 Å². The largest absolute Gasteiger partial charge is 0.324 e. The molecule has 0 saturated carbocycles. The maximum Gasteiger partial charge on any atom is 0.249 e. The van der Waals surface area contributed by atoms with Gasteiger partial charge in [0, 0.05) is 26.7 Å². The number of hydrogen-bond donors (Lipinski definition) is 1. The van der Waals surface area contributed by atoms with E-state index in [-0.39, 0.29) is 24.9 Å². The van der Waals surface area contributed by atoms with Crippen LogP contribution in [-0.4, -0.2) is 30.6 Å². The SMILES string of the molecule is Cc1c(Cl)cccc1NC(=O)CN1C(=O)CN=C(c2ccccc2)c2c1sc1c2CCCC1. The van der Waals surface area contributed by atoms with Crippen molar-refractivity contribution in [3.8, 4) is 0 Å². The molecule has 2 aromatic carbocycles. The molecule has 0 saturated heterocycles. The van der Waals surface area contributed by atoms with Crippen LogP contribution in [0.25, 0.3) is 0 Å². The van der Waals surface area contributed by atoms with Gasteiger partial charge in [0.05, 0.1) is 5.71 Å². The summed E-state index contributed by atoms with van der Waals surface area (Å²) in [6.07, 6.45) is 4.25. The monoisotopic (exact) mass is 477 g/mol. The highest BCUT2D eigenvalue weighted by Gasteiger charge is 2.33. The second kappa shape index (κ2) is 9.12. The van der Waals surface area contributed by atoms with E-state index < -0.39 is 0 Å². The number of aliphatic imine (C=N–C) groups is 1. The summed E-state index contributed by atoms with van der Waals surface area (Å²) < 4.78 is 0. The summed E-state index contributed by atoms with van der Waals surface area (Å²) in [4.78, 5) is 33.9.